The summed E-state index contributed by atoms with van der Waals surface area (Å²) in [6.07, 6.45) is 6.69. The summed E-state index contributed by atoms with van der Waals surface area (Å²) in [5.41, 5.74) is 20.0. The van der Waals surface area contributed by atoms with Gasteiger partial charge in [0.25, 0.3) is 0 Å². The minimum absolute atomic E-state index is 0.0417. The van der Waals surface area contributed by atoms with Gasteiger partial charge < -0.3 is 4.74 Å². The molecule has 0 atom stereocenters. The van der Waals surface area contributed by atoms with Crippen LogP contribution in [0.2, 0.25) is 0 Å². The van der Waals surface area contributed by atoms with E-state index in [0.29, 0.717) is 5.92 Å². The monoisotopic (exact) mass is 889 g/mol. The minimum Gasteiger partial charge on any atom is -0.379 e. The van der Waals surface area contributed by atoms with E-state index in [0.717, 1.165) is 22.3 Å². The molecule has 1 nitrogen and oxygen atoms in total. The lowest BCUT2D eigenvalue weighted by molar-refractivity contribution is -0.0157. The molecule has 8 aromatic rings. The summed E-state index contributed by atoms with van der Waals surface area (Å²) in [4.78, 5) is 0. The van der Waals surface area contributed by atoms with Crippen LogP contribution in [0.4, 0.5) is 0 Å². The SMILES string of the molecule is C/C=C(\C)c1ccccc1.C=C(/C=C(\C=C(/C)c1ccc(C)cc1)c1cc(-c2ccccc2)cc(-c2ccccc2)c1)c1cc(-c2ccccc2)cc(-c2ccccc2)c1.COC(C)(C)C(C)C. The fourth-order valence-corrected chi connectivity index (χ4v) is 7.51. The summed E-state index contributed by atoms with van der Waals surface area (Å²) >= 11 is 0. The van der Waals surface area contributed by atoms with Crippen LogP contribution in [0.1, 0.15) is 76.3 Å². The van der Waals surface area contributed by atoms with Crippen LogP contribution in [0.3, 0.4) is 0 Å². The first kappa shape index (κ1) is 50.1. The predicted octanol–water partition coefficient (Wildman–Crippen LogP) is 19.0. The maximum atomic E-state index is 5.20. The molecule has 0 saturated carbocycles. The van der Waals surface area contributed by atoms with Gasteiger partial charge in [0.15, 0.2) is 0 Å². The number of benzene rings is 8. The quantitative estimate of drug-likeness (QED) is 0.111. The van der Waals surface area contributed by atoms with E-state index in [2.05, 4.69) is 280 Å². The molecule has 1 heteroatoms. The Morgan fingerprint density at radius 1 is 0.441 bits per heavy atom. The molecule has 0 bridgehead atoms. The van der Waals surface area contributed by atoms with Crippen molar-refractivity contribution in [1.82, 2.24) is 0 Å². The average molecular weight is 889 g/mol. The number of allylic oxidation sites excluding steroid dienone is 7. The van der Waals surface area contributed by atoms with Crippen molar-refractivity contribution in [1.29, 1.82) is 0 Å². The highest BCUT2D eigenvalue weighted by Gasteiger charge is 2.20. The van der Waals surface area contributed by atoms with Gasteiger partial charge in [-0.25, -0.2) is 0 Å². The number of rotatable bonds is 12. The molecule has 0 aliphatic rings. The summed E-state index contributed by atoms with van der Waals surface area (Å²) in [7, 11) is 1.75. The summed E-state index contributed by atoms with van der Waals surface area (Å²) in [5.74, 6) is 0.590. The van der Waals surface area contributed by atoms with Crippen molar-refractivity contribution in [3.8, 4) is 44.5 Å². The van der Waals surface area contributed by atoms with Crippen LogP contribution in [0.15, 0.2) is 237 Å². The first-order valence-corrected chi connectivity index (χ1v) is 23.8. The molecule has 0 heterocycles. The third-order valence-corrected chi connectivity index (χ3v) is 12.8. The van der Waals surface area contributed by atoms with Crippen LogP contribution in [0, 0.1) is 12.8 Å². The Hall–Kier alpha value is -7.32. The lowest BCUT2D eigenvalue weighted by atomic mass is 9.89. The molecule has 0 aromatic heterocycles. The average Bonchev–Trinajstić information content (AvgIpc) is 3.39. The van der Waals surface area contributed by atoms with Crippen molar-refractivity contribution in [3.63, 3.8) is 0 Å². The van der Waals surface area contributed by atoms with Crippen molar-refractivity contribution in [2.24, 2.45) is 5.92 Å². The van der Waals surface area contributed by atoms with Crippen LogP contribution in [0.5, 0.6) is 0 Å². The van der Waals surface area contributed by atoms with E-state index in [1.807, 2.05) is 6.07 Å². The maximum absolute atomic E-state index is 5.20. The first-order valence-electron chi connectivity index (χ1n) is 23.8. The maximum Gasteiger partial charge on any atom is 0.0645 e. The highest BCUT2D eigenvalue weighted by atomic mass is 16.5. The van der Waals surface area contributed by atoms with E-state index in [1.165, 1.54) is 72.3 Å². The second kappa shape index (κ2) is 24.4. The van der Waals surface area contributed by atoms with Gasteiger partial charge >= 0.3 is 0 Å². The Balaban J connectivity index is 0.000000355. The zero-order valence-electron chi connectivity index (χ0n) is 41.6. The Kier molecular flexibility index (Phi) is 18.0. The van der Waals surface area contributed by atoms with E-state index in [9.17, 15) is 0 Å². The summed E-state index contributed by atoms with van der Waals surface area (Å²) < 4.78 is 5.20. The molecule has 8 rings (SSSR count). The lowest BCUT2D eigenvalue weighted by Gasteiger charge is -2.26. The van der Waals surface area contributed by atoms with Crippen LogP contribution in [-0.2, 0) is 4.74 Å². The number of aryl methyl sites for hydroxylation is 1. The highest BCUT2D eigenvalue weighted by Crippen LogP contribution is 2.36. The molecule has 0 aliphatic heterocycles. The van der Waals surface area contributed by atoms with Gasteiger partial charge in [-0.1, -0.05) is 214 Å². The third-order valence-electron chi connectivity index (χ3n) is 12.8. The molecule has 0 aliphatic carbocycles. The molecule has 0 unspecified atom stereocenters. The number of hydrogen-bond acceptors (Lipinski definition) is 1. The Labute approximate surface area is 408 Å². The minimum atomic E-state index is 0.0417. The molecular weight excluding hydrogens is 821 g/mol. The molecule has 0 saturated heterocycles. The van der Waals surface area contributed by atoms with Gasteiger partial charge in [0, 0.05) is 7.11 Å². The van der Waals surface area contributed by atoms with E-state index < -0.39 is 0 Å². The molecular formula is C67H68O. The van der Waals surface area contributed by atoms with Gasteiger partial charge in [0.1, 0.15) is 0 Å². The predicted molar refractivity (Wildman–Crippen MR) is 298 cm³/mol. The fourth-order valence-electron chi connectivity index (χ4n) is 7.51. The molecule has 0 radical (unpaired) electrons. The van der Waals surface area contributed by atoms with E-state index >= 15 is 0 Å². The van der Waals surface area contributed by atoms with Gasteiger partial charge in [-0.2, -0.15) is 0 Å². The molecule has 0 spiro atoms. The van der Waals surface area contributed by atoms with Crippen molar-refractivity contribution < 1.29 is 4.74 Å². The Morgan fingerprint density at radius 2 is 0.794 bits per heavy atom. The molecule has 0 amide bonds. The standard InChI is InChI=1S/C50H40.C10H12.C7H16O/c1-36-24-26-39(27-25-36)37(2)28-45(50-34-48(42-20-12-6-13-21-42)33-49(35-50)43-22-14-7-15-23-43)29-38(3)44-30-46(40-16-8-4-9-17-40)32-47(31-44)41-18-10-5-11-19-41;1-3-9(2)10-7-5-4-6-8-10;1-6(2)7(3,4)8-5/h4-35H,3H2,1-2H3;3-8H,1-2H3;6H,1-5H3/b37-28+,45-29+;9-3+;. The van der Waals surface area contributed by atoms with Gasteiger partial charge in [0.05, 0.1) is 5.60 Å². The van der Waals surface area contributed by atoms with Gasteiger partial charge in [0.2, 0.25) is 0 Å². The van der Waals surface area contributed by atoms with Gasteiger partial charge in [-0.15, -0.1) is 0 Å². The van der Waals surface area contributed by atoms with Gasteiger partial charge in [-0.05, 0) is 179 Å². The summed E-state index contributed by atoms with van der Waals surface area (Å²) in [6, 6.07) is 75.4. The fraction of sp³-hybridized carbons (Fsp3) is 0.164. The van der Waals surface area contributed by atoms with E-state index in [4.69, 9.17) is 11.3 Å². The molecule has 342 valence electrons. The topological polar surface area (TPSA) is 9.23 Å². The largest absolute Gasteiger partial charge is 0.379 e. The molecule has 0 fully saturated rings. The van der Waals surface area contributed by atoms with Crippen LogP contribution < -0.4 is 0 Å². The smallest absolute Gasteiger partial charge is 0.0645 e. The van der Waals surface area contributed by atoms with E-state index in [-0.39, 0.29) is 5.60 Å². The summed E-state index contributed by atoms with van der Waals surface area (Å²) in [5, 5.41) is 0. The molecule has 0 N–H and O–H groups in total. The zero-order valence-corrected chi connectivity index (χ0v) is 41.6. The van der Waals surface area contributed by atoms with Crippen LogP contribution >= 0.6 is 0 Å². The lowest BCUT2D eigenvalue weighted by Crippen LogP contribution is -2.29. The number of ether oxygens (including phenoxy) is 1. The zero-order chi connectivity index (χ0) is 48.5. The second-order valence-electron chi connectivity index (χ2n) is 18.2. The van der Waals surface area contributed by atoms with Crippen LogP contribution in [0.25, 0.3) is 66.8 Å². The van der Waals surface area contributed by atoms with Crippen molar-refractivity contribution >= 4 is 22.3 Å². The number of hydrogen-bond donors (Lipinski definition) is 0. The first-order chi connectivity index (χ1) is 32.8. The van der Waals surface area contributed by atoms with Crippen molar-refractivity contribution in [2.45, 2.75) is 61.0 Å². The second-order valence-corrected chi connectivity index (χ2v) is 18.2. The summed E-state index contributed by atoms with van der Waals surface area (Å²) in [6.45, 7) is 21.7. The van der Waals surface area contributed by atoms with E-state index in [1.54, 1.807) is 7.11 Å². The molecule has 68 heavy (non-hydrogen) atoms. The Morgan fingerprint density at radius 3 is 1.13 bits per heavy atom. The normalized spacial score (nSPS) is 11.8. The number of methoxy groups -OCH3 is 1. The van der Waals surface area contributed by atoms with Crippen LogP contribution in [-0.4, -0.2) is 12.7 Å². The third kappa shape index (κ3) is 14.1. The van der Waals surface area contributed by atoms with Crippen molar-refractivity contribution in [2.75, 3.05) is 7.11 Å². The Bertz CT molecular complexity index is 2800. The molecule has 8 aromatic carbocycles. The van der Waals surface area contributed by atoms with Crippen molar-refractivity contribution in [3.05, 3.63) is 265 Å². The highest BCUT2D eigenvalue weighted by molar-refractivity contribution is 5.94. The van der Waals surface area contributed by atoms with Gasteiger partial charge in [-0.3, -0.25) is 0 Å².